The van der Waals surface area contributed by atoms with Crippen LogP contribution in [0.5, 0.6) is 0 Å². The van der Waals surface area contributed by atoms with Crippen LogP contribution in [0.3, 0.4) is 0 Å². The Morgan fingerprint density at radius 2 is 0.316 bits per heavy atom. The van der Waals surface area contributed by atoms with E-state index >= 15 is 0 Å². The van der Waals surface area contributed by atoms with Crippen molar-refractivity contribution in [1.82, 2.24) is 0 Å². The summed E-state index contributed by atoms with van der Waals surface area (Å²) in [5.74, 6) is 5.67. The van der Waals surface area contributed by atoms with Crippen LogP contribution >= 0.6 is 0 Å². The molecule has 0 atom stereocenters. The minimum Gasteiger partial charge on any atom is -0.323 e. The zero-order valence-electron chi connectivity index (χ0n) is 16.7. The second kappa shape index (κ2) is 36.8. The number of hydrogen-bond donors (Lipinski definition) is 0. The molecule has 0 nitrogen and oxygen atoms in total. The molecule has 0 aliphatic heterocycles. The molecule has 3 heteroatoms. The van der Waals surface area contributed by atoms with Crippen LogP contribution in [0.2, 0.25) is 0 Å². The van der Waals surface area contributed by atoms with E-state index in [0.717, 1.165) is 0 Å². The van der Waals surface area contributed by atoms with Crippen LogP contribution in [0.15, 0.2) is 0 Å². The maximum absolute atomic E-state index is 2.08. The first-order valence-corrected chi connectivity index (χ1v) is 6.00. The summed E-state index contributed by atoms with van der Waals surface area (Å²) >= 11 is 0. The van der Waals surface area contributed by atoms with E-state index < -0.39 is 0 Å². The second-order valence-corrected chi connectivity index (χ2v) is 6.00. The van der Waals surface area contributed by atoms with Crippen molar-refractivity contribution in [1.29, 1.82) is 0 Å². The molecular weight excluding hydrogens is 271 g/mol. The Kier molecular flexibility index (Phi) is 82.8. The smallest absolute Gasteiger partial charge is 0.323 e. The Morgan fingerprint density at radius 3 is 0.316 bits per heavy atom. The fraction of sp³-hybridized carbons (Fsp3) is 0.750. The number of rotatable bonds is 0. The van der Waals surface area contributed by atoms with Gasteiger partial charge in [0.25, 0.3) is 0 Å². The monoisotopic (exact) mass is 306 g/mol. The Morgan fingerprint density at radius 1 is 0.316 bits per heavy atom. The normalized spacial score (nSPS) is 7.58. The molecular formula is C16H36Li2Zn. The summed E-state index contributed by atoms with van der Waals surface area (Å²) in [4.78, 5) is 0. The average Bonchev–Trinajstić information content (AvgIpc) is 1.76. The third-order valence-corrected chi connectivity index (χ3v) is 0. The molecule has 0 radical (unpaired) electrons. The van der Waals surface area contributed by atoms with Crippen LogP contribution in [-0.4, -0.2) is 0 Å². The average molecular weight is 308 g/mol. The van der Waals surface area contributed by atoms with Crippen LogP contribution < -0.4 is 37.7 Å². The largest absolute Gasteiger partial charge is 2.00 e. The van der Waals surface area contributed by atoms with Gasteiger partial charge >= 0.3 is 57.2 Å². The zero-order valence-corrected chi connectivity index (χ0v) is 19.7. The van der Waals surface area contributed by atoms with Gasteiger partial charge in [0.1, 0.15) is 0 Å². The summed E-state index contributed by atoms with van der Waals surface area (Å²) in [5, 5.41) is 0. The van der Waals surface area contributed by atoms with Gasteiger partial charge in [-0.1, -0.05) is 0 Å². The first-order chi connectivity index (χ1) is 6.93. The summed E-state index contributed by atoms with van der Waals surface area (Å²) in [7, 11) is 0. The van der Waals surface area contributed by atoms with Crippen LogP contribution in [0, 0.1) is 23.7 Å². The molecule has 104 valence electrons. The van der Waals surface area contributed by atoms with Gasteiger partial charge in [0.15, 0.2) is 0 Å². The van der Waals surface area contributed by atoms with Gasteiger partial charge in [0.05, 0.1) is 0 Å². The Hall–Kier alpha value is 1.82. The standard InChI is InChI=1S/4C4H9.2Li.Zn/c4*1-4(2)3;;;/h4*1-3H3;;;/q4*-1;2*+1;+2. The molecule has 0 rings (SSSR count). The van der Waals surface area contributed by atoms with Gasteiger partial charge in [-0.3, -0.25) is 0 Å². The molecule has 0 saturated carbocycles. The van der Waals surface area contributed by atoms with Gasteiger partial charge in [-0.05, 0) is 0 Å². The van der Waals surface area contributed by atoms with Crippen LogP contribution in [0.25, 0.3) is 0 Å². The summed E-state index contributed by atoms with van der Waals surface area (Å²) in [5.41, 5.74) is 0. The molecule has 0 amide bonds. The maximum Gasteiger partial charge on any atom is 2.00 e. The van der Waals surface area contributed by atoms with E-state index in [1.807, 2.05) is 0 Å². The van der Waals surface area contributed by atoms with Crippen molar-refractivity contribution in [3.8, 4) is 0 Å². The van der Waals surface area contributed by atoms with Crippen molar-refractivity contribution in [3.05, 3.63) is 23.7 Å². The Balaban J connectivity index is -0.0000000192. The Labute approximate surface area is 163 Å². The molecule has 0 bridgehead atoms. The maximum atomic E-state index is 2.08. The van der Waals surface area contributed by atoms with Crippen LogP contribution in [0.4, 0.5) is 0 Å². The van der Waals surface area contributed by atoms with Crippen molar-refractivity contribution in [2.24, 2.45) is 0 Å². The fourth-order valence-corrected chi connectivity index (χ4v) is 0. The second-order valence-electron chi connectivity index (χ2n) is 6.00. The predicted octanol–water partition coefficient (Wildman–Crippen LogP) is 0.488. The first kappa shape index (κ1) is 42.8. The number of hydrogen-bond acceptors (Lipinski definition) is 0. The van der Waals surface area contributed by atoms with Gasteiger partial charge < -0.3 is 23.7 Å². The predicted molar refractivity (Wildman–Crippen MR) is 81.1 cm³/mol. The van der Waals surface area contributed by atoms with Gasteiger partial charge in [0.2, 0.25) is 0 Å². The van der Waals surface area contributed by atoms with E-state index in [1.54, 1.807) is 0 Å². The molecule has 0 saturated heterocycles. The SMILES string of the molecule is C[C-](C)C.C[C-](C)C.C[C-](C)C.C[C-](C)C.[Li+].[Li+].[Zn+2]. The van der Waals surface area contributed by atoms with Crippen molar-refractivity contribution in [2.45, 2.75) is 83.1 Å². The molecule has 0 N–H and O–H groups in total. The van der Waals surface area contributed by atoms with E-state index in [4.69, 9.17) is 0 Å². The molecule has 0 aromatic heterocycles. The van der Waals surface area contributed by atoms with Gasteiger partial charge in [-0.25, -0.2) is 0 Å². The van der Waals surface area contributed by atoms with Crippen LogP contribution in [-0.2, 0) is 19.5 Å². The zero-order chi connectivity index (χ0) is 14.3. The van der Waals surface area contributed by atoms with E-state index in [1.165, 1.54) is 23.7 Å². The van der Waals surface area contributed by atoms with E-state index in [0.29, 0.717) is 0 Å². The van der Waals surface area contributed by atoms with Crippen molar-refractivity contribution in [2.75, 3.05) is 0 Å². The summed E-state index contributed by atoms with van der Waals surface area (Å²) < 4.78 is 0. The molecule has 0 heterocycles. The summed E-state index contributed by atoms with van der Waals surface area (Å²) in [6.45, 7) is 25.0. The molecule has 0 aliphatic rings. The van der Waals surface area contributed by atoms with Gasteiger partial charge in [0, 0.05) is 0 Å². The third kappa shape index (κ3) is 1900. The topological polar surface area (TPSA) is 0 Å². The summed E-state index contributed by atoms with van der Waals surface area (Å²) in [6.07, 6.45) is 0. The van der Waals surface area contributed by atoms with Crippen molar-refractivity contribution in [3.63, 3.8) is 0 Å². The van der Waals surface area contributed by atoms with Crippen molar-refractivity contribution < 1.29 is 57.2 Å². The molecule has 19 heavy (non-hydrogen) atoms. The molecule has 0 aliphatic carbocycles. The van der Waals surface area contributed by atoms with Crippen molar-refractivity contribution >= 4 is 0 Å². The molecule has 0 spiro atoms. The first-order valence-electron chi connectivity index (χ1n) is 6.00. The Bertz CT molecular complexity index is 57.7. The van der Waals surface area contributed by atoms with Crippen LogP contribution in [0.1, 0.15) is 83.1 Å². The molecule has 0 aromatic rings. The third-order valence-electron chi connectivity index (χ3n) is 0. The molecule has 0 unspecified atom stereocenters. The quantitative estimate of drug-likeness (QED) is 0.451. The molecule has 0 aromatic carbocycles. The minimum atomic E-state index is 0. The van der Waals surface area contributed by atoms with Gasteiger partial charge in [-0.15, -0.1) is 0 Å². The van der Waals surface area contributed by atoms with E-state index in [2.05, 4.69) is 83.1 Å². The van der Waals surface area contributed by atoms with E-state index in [9.17, 15) is 0 Å². The van der Waals surface area contributed by atoms with Gasteiger partial charge in [-0.2, -0.15) is 83.1 Å². The summed E-state index contributed by atoms with van der Waals surface area (Å²) in [6, 6.07) is 0. The van der Waals surface area contributed by atoms with E-state index in [-0.39, 0.29) is 57.2 Å². The molecule has 0 fully saturated rings. The fourth-order valence-electron chi connectivity index (χ4n) is 0. The minimum absolute atomic E-state index is 0.